The molecule has 1 heterocycles. The highest BCUT2D eigenvalue weighted by Gasteiger charge is 2.15. The van der Waals surface area contributed by atoms with Gasteiger partial charge in [-0.15, -0.1) is 0 Å². The van der Waals surface area contributed by atoms with Crippen molar-refractivity contribution in [1.29, 1.82) is 0 Å². The molecule has 2 aromatic rings. The molecule has 1 aromatic heterocycles. The van der Waals surface area contributed by atoms with Gasteiger partial charge in [0.1, 0.15) is 5.76 Å². The highest BCUT2D eigenvalue weighted by molar-refractivity contribution is 9.10. The summed E-state index contributed by atoms with van der Waals surface area (Å²) in [5, 5.41) is 0. The fraction of sp³-hybridized carbons (Fsp3) is 0.182. The van der Waals surface area contributed by atoms with Gasteiger partial charge in [0, 0.05) is 4.47 Å². The quantitative estimate of drug-likeness (QED) is 0.932. The maximum absolute atomic E-state index is 12.0. The van der Waals surface area contributed by atoms with Crippen LogP contribution in [0.1, 0.15) is 11.5 Å². The number of aryl methyl sites for hydroxylation is 1. The van der Waals surface area contributed by atoms with E-state index in [9.17, 15) is 8.42 Å². The molecule has 0 aliphatic rings. The van der Waals surface area contributed by atoms with Crippen molar-refractivity contribution in [3.05, 3.63) is 46.6 Å². The van der Waals surface area contributed by atoms with Gasteiger partial charge >= 0.3 is 0 Å². The van der Waals surface area contributed by atoms with Crippen molar-refractivity contribution in [3.63, 3.8) is 0 Å². The van der Waals surface area contributed by atoms with Crippen molar-refractivity contribution in [2.75, 3.05) is 0 Å². The van der Waals surface area contributed by atoms with Crippen molar-refractivity contribution in [2.45, 2.75) is 18.4 Å². The third kappa shape index (κ3) is 2.98. The van der Waals surface area contributed by atoms with Crippen molar-refractivity contribution in [2.24, 2.45) is 0 Å². The van der Waals surface area contributed by atoms with E-state index in [1.165, 1.54) is 18.5 Å². The Hall–Kier alpha value is -1.18. The summed E-state index contributed by atoms with van der Waals surface area (Å²) in [4.78, 5) is 4.10. The zero-order valence-electron chi connectivity index (χ0n) is 9.55. The number of hydrogen-bond acceptors (Lipinski definition) is 4. The zero-order chi connectivity index (χ0) is 13.2. The van der Waals surface area contributed by atoms with Crippen LogP contribution in [0, 0.1) is 6.92 Å². The number of oxazole rings is 1. The molecule has 0 fully saturated rings. The fourth-order valence-corrected chi connectivity index (χ4v) is 2.60. The van der Waals surface area contributed by atoms with Gasteiger partial charge in [-0.05, 0) is 31.2 Å². The first kappa shape index (κ1) is 13.3. The summed E-state index contributed by atoms with van der Waals surface area (Å²) in [5.74, 6) is 0.510. The van der Waals surface area contributed by atoms with Crippen LogP contribution in [0.5, 0.6) is 0 Å². The zero-order valence-corrected chi connectivity index (χ0v) is 12.0. The minimum atomic E-state index is -3.53. The molecule has 0 aliphatic carbocycles. The number of hydrogen-bond donors (Lipinski definition) is 1. The monoisotopic (exact) mass is 330 g/mol. The van der Waals surface area contributed by atoms with Crippen LogP contribution < -0.4 is 4.72 Å². The van der Waals surface area contributed by atoms with Crippen LogP contribution in [0.4, 0.5) is 0 Å². The summed E-state index contributed by atoms with van der Waals surface area (Å²) in [5.41, 5.74) is 0.675. The predicted molar refractivity (Wildman–Crippen MR) is 69.4 cm³/mol. The first-order valence-electron chi connectivity index (χ1n) is 5.13. The minimum Gasteiger partial charge on any atom is -0.447 e. The number of benzene rings is 1. The largest absolute Gasteiger partial charge is 0.447 e. The van der Waals surface area contributed by atoms with E-state index in [0.29, 0.717) is 11.5 Å². The fourth-order valence-electron chi connectivity index (χ4n) is 1.35. The SMILES string of the molecule is Cc1ncoc1CNS(=O)(=O)c1ccc(Br)cc1. The van der Waals surface area contributed by atoms with Gasteiger partial charge in [0.25, 0.3) is 0 Å². The molecule has 0 bridgehead atoms. The lowest BCUT2D eigenvalue weighted by molar-refractivity contribution is 0.492. The standard InChI is InChI=1S/C11H11BrN2O3S/c1-8-11(17-7-13-8)6-14-18(15,16)10-4-2-9(12)3-5-10/h2-5,7,14H,6H2,1H3. The van der Waals surface area contributed by atoms with Gasteiger partial charge in [-0.1, -0.05) is 15.9 Å². The lowest BCUT2D eigenvalue weighted by Crippen LogP contribution is -2.23. The smallest absolute Gasteiger partial charge is 0.240 e. The third-order valence-corrected chi connectivity index (χ3v) is 4.34. The molecule has 0 saturated carbocycles. The highest BCUT2D eigenvalue weighted by Crippen LogP contribution is 2.15. The Labute approximate surface area is 113 Å². The Bertz CT molecular complexity index is 635. The summed E-state index contributed by atoms with van der Waals surface area (Å²) >= 11 is 3.25. The number of nitrogens with one attached hydrogen (secondary N) is 1. The van der Waals surface area contributed by atoms with Crippen molar-refractivity contribution in [3.8, 4) is 0 Å². The predicted octanol–water partition coefficient (Wildman–Crippen LogP) is 2.22. The van der Waals surface area contributed by atoms with Gasteiger partial charge in [0.05, 0.1) is 17.1 Å². The second-order valence-electron chi connectivity index (χ2n) is 3.64. The molecule has 5 nitrogen and oxygen atoms in total. The van der Waals surface area contributed by atoms with Gasteiger partial charge in [-0.3, -0.25) is 0 Å². The number of rotatable bonds is 4. The van der Waals surface area contributed by atoms with E-state index in [2.05, 4.69) is 25.6 Å². The molecule has 0 aliphatic heterocycles. The summed E-state index contributed by atoms with van der Waals surface area (Å²) in [6.45, 7) is 1.84. The molecule has 2 rings (SSSR count). The number of halogens is 1. The maximum Gasteiger partial charge on any atom is 0.240 e. The van der Waals surface area contributed by atoms with Crippen LogP contribution in [-0.2, 0) is 16.6 Å². The van der Waals surface area contributed by atoms with Crippen molar-refractivity contribution in [1.82, 2.24) is 9.71 Å². The molecule has 0 saturated heterocycles. The van der Waals surface area contributed by atoms with Gasteiger partial charge in [-0.2, -0.15) is 0 Å². The molecule has 7 heteroatoms. The number of sulfonamides is 1. The van der Waals surface area contributed by atoms with Crippen LogP contribution >= 0.6 is 15.9 Å². The van der Waals surface area contributed by atoms with Crippen LogP contribution in [0.15, 0.2) is 44.4 Å². The summed E-state index contributed by atoms with van der Waals surface area (Å²) in [6.07, 6.45) is 1.29. The van der Waals surface area contributed by atoms with E-state index in [0.717, 1.165) is 4.47 Å². The molecule has 0 unspecified atom stereocenters. The van der Waals surface area contributed by atoms with Crippen molar-refractivity contribution >= 4 is 26.0 Å². The second kappa shape index (κ2) is 5.21. The Morgan fingerprint density at radius 2 is 2.00 bits per heavy atom. The Morgan fingerprint density at radius 3 is 2.56 bits per heavy atom. The van der Waals surface area contributed by atoms with E-state index in [4.69, 9.17) is 4.42 Å². The molecule has 1 aromatic carbocycles. The summed E-state index contributed by atoms with van der Waals surface area (Å²) in [6, 6.07) is 6.40. The summed E-state index contributed by atoms with van der Waals surface area (Å²) < 4.78 is 32.3. The molecule has 18 heavy (non-hydrogen) atoms. The average Bonchev–Trinajstić information content (AvgIpc) is 2.73. The van der Waals surface area contributed by atoms with Crippen LogP contribution in [-0.4, -0.2) is 13.4 Å². The Kier molecular flexibility index (Phi) is 3.84. The van der Waals surface area contributed by atoms with E-state index in [-0.39, 0.29) is 11.4 Å². The molecule has 0 spiro atoms. The van der Waals surface area contributed by atoms with E-state index in [1.54, 1.807) is 19.1 Å². The van der Waals surface area contributed by atoms with E-state index >= 15 is 0 Å². The van der Waals surface area contributed by atoms with Crippen molar-refractivity contribution < 1.29 is 12.8 Å². The van der Waals surface area contributed by atoms with Crippen LogP contribution in [0.3, 0.4) is 0 Å². The molecule has 0 amide bonds. The second-order valence-corrected chi connectivity index (χ2v) is 6.32. The highest BCUT2D eigenvalue weighted by atomic mass is 79.9. The topological polar surface area (TPSA) is 72.2 Å². The molecule has 0 radical (unpaired) electrons. The summed E-state index contributed by atoms with van der Waals surface area (Å²) in [7, 11) is -3.53. The molecular weight excluding hydrogens is 320 g/mol. The van der Waals surface area contributed by atoms with Crippen LogP contribution in [0.25, 0.3) is 0 Å². The normalized spacial score (nSPS) is 11.7. The first-order chi connectivity index (χ1) is 8.49. The molecular formula is C11H11BrN2O3S. The lowest BCUT2D eigenvalue weighted by Gasteiger charge is -2.05. The Balaban J connectivity index is 2.13. The Morgan fingerprint density at radius 1 is 1.33 bits per heavy atom. The van der Waals surface area contributed by atoms with Gasteiger partial charge < -0.3 is 4.42 Å². The average molecular weight is 331 g/mol. The van der Waals surface area contributed by atoms with E-state index < -0.39 is 10.0 Å². The van der Waals surface area contributed by atoms with Gasteiger partial charge in [0.15, 0.2) is 6.39 Å². The maximum atomic E-state index is 12.0. The third-order valence-electron chi connectivity index (χ3n) is 2.39. The lowest BCUT2D eigenvalue weighted by atomic mass is 10.4. The minimum absolute atomic E-state index is 0.0875. The van der Waals surface area contributed by atoms with Crippen LogP contribution in [0.2, 0.25) is 0 Å². The first-order valence-corrected chi connectivity index (χ1v) is 7.41. The molecule has 0 atom stereocenters. The van der Waals surface area contributed by atoms with E-state index in [1.807, 2.05) is 0 Å². The van der Waals surface area contributed by atoms with Gasteiger partial charge in [-0.25, -0.2) is 18.1 Å². The van der Waals surface area contributed by atoms with Gasteiger partial charge in [0.2, 0.25) is 10.0 Å². The number of aromatic nitrogens is 1. The molecule has 1 N–H and O–H groups in total. The molecule has 96 valence electrons. The number of nitrogens with zero attached hydrogens (tertiary/aromatic N) is 1.